The molecule has 1 heterocycles. The fourth-order valence-corrected chi connectivity index (χ4v) is 2.53. The molecule has 104 valence electrons. The fraction of sp³-hybridized carbons (Fsp3) is 0. The van der Waals surface area contributed by atoms with E-state index in [1.807, 2.05) is 6.07 Å². The molecular weight excluding hydrogens is 289 g/mol. The molecule has 0 radical (unpaired) electrons. The van der Waals surface area contributed by atoms with E-state index in [9.17, 15) is 9.18 Å². The van der Waals surface area contributed by atoms with Gasteiger partial charge in [-0.05, 0) is 60.2 Å². The number of carbonyl (C=O) groups excluding carboxylic acids is 1. The van der Waals surface area contributed by atoms with E-state index in [0.717, 1.165) is 16.5 Å². The van der Waals surface area contributed by atoms with Crippen LogP contribution in [0, 0.1) is 5.82 Å². The molecule has 0 spiro atoms. The van der Waals surface area contributed by atoms with Gasteiger partial charge in [0.05, 0.1) is 11.2 Å². The second-order valence-corrected chi connectivity index (χ2v) is 5.05. The average Bonchev–Trinajstić information content (AvgIpc) is 2.85. The lowest BCUT2D eigenvalue weighted by atomic mass is 10.1. The van der Waals surface area contributed by atoms with E-state index in [2.05, 4.69) is 6.58 Å². The van der Waals surface area contributed by atoms with Crippen molar-refractivity contribution in [1.82, 2.24) is 4.57 Å². The topological polar surface area (TPSA) is 22.0 Å². The standard InChI is InChI=1S/C17H11ClFNO/c1-2-17(21)20-15-8-5-13(18)9-12(15)10-16(20)11-3-6-14(19)7-4-11/h2-10H,1H2. The molecule has 3 rings (SSSR count). The molecule has 3 aromatic rings. The Balaban J connectivity index is 2.32. The number of hydrogen-bond acceptors (Lipinski definition) is 1. The lowest BCUT2D eigenvalue weighted by molar-refractivity contribution is 0.0976. The van der Waals surface area contributed by atoms with Gasteiger partial charge in [0.1, 0.15) is 5.82 Å². The normalized spacial score (nSPS) is 10.8. The molecule has 2 nitrogen and oxygen atoms in total. The molecule has 0 N–H and O–H groups in total. The maximum Gasteiger partial charge on any atom is 0.254 e. The number of hydrogen-bond donors (Lipinski definition) is 0. The van der Waals surface area contributed by atoms with Gasteiger partial charge in [-0.1, -0.05) is 18.2 Å². The van der Waals surface area contributed by atoms with Crippen LogP contribution in [0.25, 0.3) is 22.2 Å². The number of nitrogens with zero attached hydrogens (tertiary/aromatic N) is 1. The second-order valence-electron chi connectivity index (χ2n) is 4.62. The van der Waals surface area contributed by atoms with Gasteiger partial charge in [-0.25, -0.2) is 4.39 Å². The molecule has 0 aliphatic rings. The Hall–Kier alpha value is -2.39. The smallest absolute Gasteiger partial charge is 0.254 e. The molecule has 0 amide bonds. The number of fused-ring (bicyclic) bond motifs is 1. The van der Waals surface area contributed by atoms with Gasteiger partial charge in [-0.3, -0.25) is 9.36 Å². The number of allylic oxidation sites excluding steroid dienone is 1. The predicted molar refractivity (Wildman–Crippen MR) is 83.2 cm³/mol. The summed E-state index contributed by atoms with van der Waals surface area (Å²) in [5, 5.41) is 1.44. The van der Waals surface area contributed by atoms with Crippen LogP contribution in [0.4, 0.5) is 4.39 Å². The number of rotatable bonds is 2. The van der Waals surface area contributed by atoms with Crippen molar-refractivity contribution in [2.45, 2.75) is 0 Å². The third kappa shape index (κ3) is 2.36. The summed E-state index contributed by atoms with van der Waals surface area (Å²) < 4.78 is 14.6. The minimum absolute atomic E-state index is 0.244. The van der Waals surface area contributed by atoms with Gasteiger partial charge >= 0.3 is 0 Å². The molecule has 0 aliphatic carbocycles. The van der Waals surface area contributed by atoms with E-state index in [1.165, 1.54) is 18.2 Å². The van der Waals surface area contributed by atoms with Crippen molar-refractivity contribution in [2.24, 2.45) is 0 Å². The van der Waals surface area contributed by atoms with Gasteiger partial charge in [0.15, 0.2) is 0 Å². The van der Waals surface area contributed by atoms with E-state index in [-0.39, 0.29) is 11.7 Å². The molecule has 21 heavy (non-hydrogen) atoms. The van der Waals surface area contributed by atoms with Crippen LogP contribution in [0.3, 0.4) is 0 Å². The Bertz CT molecular complexity index is 849. The van der Waals surface area contributed by atoms with Crippen molar-refractivity contribution in [2.75, 3.05) is 0 Å². The van der Waals surface area contributed by atoms with Gasteiger partial charge in [-0.2, -0.15) is 0 Å². The summed E-state index contributed by atoms with van der Waals surface area (Å²) in [6.45, 7) is 3.53. The van der Waals surface area contributed by atoms with E-state index >= 15 is 0 Å². The predicted octanol–water partition coefficient (Wildman–Crippen LogP) is 4.93. The highest BCUT2D eigenvalue weighted by Crippen LogP contribution is 2.30. The highest BCUT2D eigenvalue weighted by atomic mass is 35.5. The van der Waals surface area contributed by atoms with Crippen LogP contribution in [-0.4, -0.2) is 10.5 Å². The van der Waals surface area contributed by atoms with E-state index < -0.39 is 0 Å². The number of aromatic nitrogens is 1. The maximum atomic E-state index is 13.1. The summed E-state index contributed by atoms with van der Waals surface area (Å²) in [6.07, 6.45) is 1.25. The molecule has 1 aromatic heterocycles. The largest absolute Gasteiger partial charge is 0.276 e. The Morgan fingerprint density at radius 1 is 1.14 bits per heavy atom. The zero-order chi connectivity index (χ0) is 15.0. The number of carbonyl (C=O) groups is 1. The molecule has 4 heteroatoms. The minimum Gasteiger partial charge on any atom is -0.276 e. The number of benzene rings is 2. The van der Waals surface area contributed by atoms with Gasteiger partial charge in [0, 0.05) is 10.4 Å². The molecule has 0 aliphatic heterocycles. The third-order valence-electron chi connectivity index (χ3n) is 3.30. The molecule has 2 aromatic carbocycles. The van der Waals surface area contributed by atoms with Crippen molar-refractivity contribution in [3.63, 3.8) is 0 Å². The highest BCUT2D eigenvalue weighted by molar-refractivity contribution is 6.31. The molecule has 0 atom stereocenters. The van der Waals surface area contributed by atoms with Crippen LogP contribution < -0.4 is 0 Å². The molecule has 0 saturated carbocycles. The van der Waals surface area contributed by atoms with Crippen LogP contribution in [0.2, 0.25) is 5.02 Å². The second kappa shape index (κ2) is 5.19. The zero-order valence-electron chi connectivity index (χ0n) is 11.0. The Morgan fingerprint density at radius 3 is 2.52 bits per heavy atom. The van der Waals surface area contributed by atoms with Crippen molar-refractivity contribution < 1.29 is 9.18 Å². The molecule has 0 fully saturated rings. The third-order valence-corrected chi connectivity index (χ3v) is 3.53. The average molecular weight is 300 g/mol. The van der Waals surface area contributed by atoms with Crippen molar-refractivity contribution >= 4 is 28.4 Å². The molecule has 0 bridgehead atoms. The highest BCUT2D eigenvalue weighted by Gasteiger charge is 2.14. The van der Waals surface area contributed by atoms with Crippen molar-refractivity contribution in [1.29, 1.82) is 0 Å². The zero-order valence-corrected chi connectivity index (χ0v) is 11.8. The lowest BCUT2D eigenvalue weighted by Crippen LogP contribution is -2.08. The van der Waals surface area contributed by atoms with Crippen LogP contribution in [0.5, 0.6) is 0 Å². The van der Waals surface area contributed by atoms with E-state index in [4.69, 9.17) is 11.6 Å². The maximum absolute atomic E-state index is 13.1. The first-order valence-corrected chi connectivity index (χ1v) is 6.71. The summed E-state index contributed by atoms with van der Waals surface area (Å²) in [5.41, 5.74) is 2.17. The summed E-state index contributed by atoms with van der Waals surface area (Å²) in [7, 11) is 0. The summed E-state index contributed by atoms with van der Waals surface area (Å²) >= 11 is 6.00. The van der Waals surface area contributed by atoms with Crippen LogP contribution in [-0.2, 0) is 0 Å². The molecule has 0 saturated heterocycles. The van der Waals surface area contributed by atoms with Gasteiger partial charge in [-0.15, -0.1) is 0 Å². The summed E-state index contributed by atoms with van der Waals surface area (Å²) in [4.78, 5) is 12.2. The Labute approximate surface area is 126 Å². The summed E-state index contributed by atoms with van der Waals surface area (Å²) in [6, 6.07) is 13.2. The first kappa shape index (κ1) is 13.6. The van der Waals surface area contributed by atoms with Crippen LogP contribution in [0.1, 0.15) is 4.79 Å². The molecular formula is C17H11ClFNO. The van der Waals surface area contributed by atoms with Crippen LogP contribution in [0.15, 0.2) is 61.2 Å². The van der Waals surface area contributed by atoms with E-state index in [1.54, 1.807) is 34.9 Å². The Morgan fingerprint density at radius 2 is 1.86 bits per heavy atom. The van der Waals surface area contributed by atoms with Gasteiger partial charge in [0.25, 0.3) is 5.91 Å². The monoisotopic (exact) mass is 299 g/mol. The SMILES string of the molecule is C=CC(=O)n1c(-c2ccc(F)cc2)cc2cc(Cl)ccc21. The minimum atomic E-state index is -0.320. The first-order chi connectivity index (χ1) is 10.1. The van der Waals surface area contributed by atoms with Crippen molar-refractivity contribution in [3.05, 3.63) is 72.0 Å². The van der Waals surface area contributed by atoms with Gasteiger partial charge < -0.3 is 0 Å². The number of halogens is 2. The summed E-state index contributed by atoms with van der Waals surface area (Å²) in [5.74, 6) is -0.564. The lowest BCUT2D eigenvalue weighted by Gasteiger charge is -2.07. The molecule has 0 unspecified atom stereocenters. The van der Waals surface area contributed by atoms with Crippen LogP contribution >= 0.6 is 11.6 Å². The quantitative estimate of drug-likeness (QED) is 0.615. The first-order valence-electron chi connectivity index (χ1n) is 6.34. The Kier molecular flexibility index (Phi) is 3.35. The van der Waals surface area contributed by atoms with E-state index in [0.29, 0.717) is 10.7 Å². The van der Waals surface area contributed by atoms with Gasteiger partial charge in [0.2, 0.25) is 0 Å². The van der Waals surface area contributed by atoms with Crippen molar-refractivity contribution in [3.8, 4) is 11.3 Å². The fourth-order valence-electron chi connectivity index (χ4n) is 2.35.